The zero-order valence-electron chi connectivity index (χ0n) is 6.37. The van der Waals surface area contributed by atoms with Gasteiger partial charge in [-0.2, -0.15) is 0 Å². The maximum atomic E-state index is 9.17. The van der Waals surface area contributed by atoms with Crippen LogP contribution in [0.1, 0.15) is 0 Å². The molecule has 1 aromatic heterocycles. The molecule has 12 heavy (non-hydrogen) atoms. The second kappa shape index (κ2) is 5.24. The third kappa shape index (κ3) is 3.45. The third-order valence-electron chi connectivity index (χ3n) is 1.24. The lowest BCUT2D eigenvalue weighted by Gasteiger charge is -2.04. The number of aliphatic hydroxyl groups is 1. The van der Waals surface area contributed by atoms with Crippen molar-refractivity contribution in [2.24, 2.45) is 5.73 Å². The molecule has 68 valence electrons. The molecule has 5 heteroatoms. The van der Waals surface area contributed by atoms with Gasteiger partial charge in [-0.15, -0.1) is 23.1 Å². The molecule has 0 spiro atoms. The van der Waals surface area contributed by atoms with E-state index in [1.54, 1.807) is 23.1 Å². The van der Waals surface area contributed by atoms with Crippen LogP contribution in [-0.4, -0.2) is 23.5 Å². The van der Waals surface area contributed by atoms with Crippen LogP contribution in [0.3, 0.4) is 0 Å². The Morgan fingerprint density at radius 2 is 2.42 bits per heavy atom. The third-order valence-corrected chi connectivity index (χ3v) is 4.23. The first-order chi connectivity index (χ1) is 5.72. The van der Waals surface area contributed by atoms with Gasteiger partial charge in [-0.05, 0) is 28.1 Å². The van der Waals surface area contributed by atoms with E-state index in [-0.39, 0.29) is 0 Å². The van der Waals surface area contributed by atoms with Gasteiger partial charge < -0.3 is 10.8 Å². The van der Waals surface area contributed by atoms with Crippen LogP contribution < -0.4 is 5.73 Å². The van der Waals surface area contributed by atoms with Crippen molar-refractivity contribution in [1.29, 1.82) is 0 Å². The van der Waals surface area contributed by atoms with Crippen LogP contribution in [0.2, 0.25) is 0 Å². The van der Waals surface area contributed by atoms with E-state index >= 15 is 0 Å². The molecule has 0 aliphatic carbocycles. The zero-order chi connectivity index (χ0) is 8.97. The number of aliphatic hydroxyl groups excluding tert-OH is 1. The van der Waals surface area contributed by atoms with Crippen molar-refractivity contribution in [3.05, 3.63) is 15.9 Å². The van der Waals surface area contributed by atoms with E-state index < -0.39 is 6.10 Å². The summed E-state index contributed by atoms with van der Waals surface area (Å²) >= 11 is 6.67. The second-order valence-electron chi connectivity index (χ2n) is 2.26. The van der Waals surface area contributed by atoms with Gasteiger partial charge in [0.25, 0.3) is 0 Å². The van der Waals surface area contributed by atoms with Crippen LogP contribution in [0.25, 0.3) is 0 Å². The van der Waals surface area contributed by atoms with E-state index in [0.29, 0.717) is 12.3 Å². The molecule has 0 radical (unpaired) electrons. The van der Waals surface area contributed by atoms with Gasteiger partial charge in [0.1, 0.15) is 0 Å². The van der Waals surface area contributed by atoms with Crippen molar-refractivity contribution < 1.29 is 5.11 Å². The largest absolute Gasteiger partial charge is 0.391 e. The Bertz CT molecular complexity index is 241. The predicted molar refractivity (Wildman–Crippen MR) is 57.8 cm³/mol. The highest BCUT2D eigenvalue weighted by molar-refractivity contribution is 9.11. The van der Waals surface area contributed by atoms with Crippen LogP contribution in [0.15, 0.2) is 20.1 Å². The number of halogens is 1. The van der Waals surface area contributed by atoms with Crippen LogP contribution in [-0.2, 0) is 0 Å². The quantitative estimate of drug-likeness (QED) is 0.820. The van der Waals surface area contributed by atoms with Gasteiger partial charge in [0.05, 0.1) is 14.1 Å². The van der Waals surface area contributed by atoms with Crippen LogP contribution in [0.4, 0.5) is 0 Å². The molecule has 0 amide bonds. The van der Waals surface area contributed by atoms with Crippen LogP contribution in [0, 0.1) is 0 Å². The summed E-state index contributed by atoms with van der Waals surface area (Å²) < 4.78 is 2.32. The van der Waals surface area contributed by atoms with E-state index in [2.05, 4.69) is 15.9 Å². The lowest BCUT2D eigenvalue weighted by Crippen LogP contribution is -2.21. The van der Waals surface area contributed by atoms with E-state index in [1.807, 2.05) is 12.1 Å². The normalized spacial score (nSPS) is 13.2. The van der Waals surface area contributed by atoms with Crippen molar-refractivity contribution in [1.82, 2.24) is 0 Å². The molecule has 1 atom stereocenters. The van der Waals surface area contributed by atoms with Gasteiger partial charge in [-0.1, -0.05) is 0 Å². The van der Waals surface area contributed by atoms with Gasteiger partial charge in [0, 0.05) is 12.3 Å². The number of hydrogen-bond donors (Lipinski definition) is 2. The Kier molecular flexibility index (Phi) is 4.60. The SMILES string of the molecule is NCC(O)CSc1ccc(Br)s1. The molecule has 1 rings (SSSR count). The Labute approximate surface area is 88.3 Å². The summed E-state index contributed by atoms with van der Waals surface area (Å²) in [6.07, 6.45) is -0.393. The Balaban J connectivity index is 2.33. The molecule has 0 aliphatic heterocycles. The number of nitrogens with two attached hydrogens (primary N) is 1. The van der Waals surface area contributed by atoms with Gasteiger partial charge in [-0.25, -0.2) is 0 Å². The molecule has 0 fully saturated rings. The summed E-state index contributed by atoms with van der Waals surface area (Å²) in [5.74, 6) is 0.670. The molecule has 1 heterocycles. The summed E-state index contributed by atoms with van der Waals surface area (Å²) in [5.41, 5.74) is 5.27. The minimum Gasteiger partial charge on any atom is -0.391 e. The molecule has 0 bridgehead atoms. The van der Waals surface area contributed by atoms with Crippen molar-refractivity contribution in [2.45, 2.75) is 10.3 Å². The Morgan fingerprint density at radius 3 is 2.92 bits per heavy atom. The zero-order valence-corrected chi connectivity index (χ0v) is 9.58. The highest BCUT2D eigenvalue weighted by Crippen LogP contribution is 2.30. The molecule has 0 saturated carbocycles. The van der Waals surface area contributed by atoms with E-state index in [9.17, 15) is 5.11 Å². The van der Waals surface area contributed by atoms with Crippen molar-refractivity contribution >= 4 is 39.0 Å². The van der Waals surface area contributed by atoms with Crippen molar-refractivity contribution in [3.8, 4) is 0 Å². The summed E-state index contributed by atoms with van der Waals surface area (Å²) in [6.45, 7) is 0.333. The molecule has 1 unspecified atom stereocenters. The standard InChI is InChI=1S/C7H10BrNOS2/c8-6-1-2-7(12-6)11-4-5(10)3-9/h1-2,5,10H,3-4,9H2. The average Bonchev–Trinajstić information content (AvgIpc) is 2.47. The highest BCUT2D eigenvalue weighted by Gasteiger charge is 2.03. The number of hydrogen-bond acceptors (Lipinski definition) is 4. The second-order valence-corrected chi connectivity index (χ2v) is 6.04. The fourth-order valence-corrected chi connectivity index (χ4v) is 3.43. The highest BCUT2D eigenvalue weighted by atomic mass is 79.9. The summed E-state index contributed by atoms with van der Waals surface area (Å²) in [7, 11) is 0. The molecule has 3 N–H and O–H groups in total. The average molecular weight is 268 g/mol. The molecular formula is C7H10BrNOS2. The lowest BCUT2D eigenvalue weighted by molar-refractivity contribution is 0.208. The van der Waals surface area contributed by atoms with Crippen LogP contribution in [0.5, 0.6) is 0 Å². The van der Waals surface area contributed by atoms with Gasteiger partial charge >= 0.3 is 0 Å². The summed E-state index contributed by atoms with van der Waals surface area (Å²) in [4.78, 5) is 0. The fraction of sp³-hybridized carbons (Fsp3) is 0.429. The number of thiophene rings is 1. The van der Waals surface area contributed by atoms with Crippen LogP contribution >= 0.6 is 39.0 Å². The lowest BCUT2D eigenvalue weighted by atomic mass is 10.4. The maximum Gasteiger partial charge on any atom is 0.0756 e. The summed E-state index contributed by atoms with van der Waals surface area (Å²) in [6, 6.07) is 4.03. The van der Waals surface area contributed by atoms with Gasteiger partial charge in [0.2, 0.25) is 0 Å². The first-order valence-corrected chi connectivity index (χ1v) is 6.08. The molecule has 2 nitrogen and oxygen atoms in total. The topological polar surface area (TPSA) is 46.2 Å². The fourth-order valence-electron chi connectivity index (χ4n) is 0.622. The minimum atomic E-state index is -0.393. The molecule has 0 saturated heterocycles. The maximum absolute atomic E-state index is 9.17. The Morgan fingerprint density at radius 1 is 1.67 bits per heavy atom. The first kappa shape index (κ1) is 10.5. The molecular weight excluding hydrogens is 258 g/mol. The molecule has 0 aliphatic rings. The van der Waals surface area contributed by atoms with E-state index in [4.69, 9.17) is 5.73 Å². The molecule has 0 aromatic carbocycles. The smallest absolute Gasteiger partial charge is 0.0756 e. The summed E-state index contributed by atoms with van der Waals surface area (Å²) in [5, 5.41) is 9.17. The predicted octanol–water partition coefficient (Wildman–Crippen LogP) is 1.92. The minimum absolute atomic E-state index is 0.333. The number of rotatable bonds is 4. The molecule has 1 aromatic rings. The number of thioether (sulfide) groups is 1. The Hall–Kier alpha value is 0.450. The van der Waals surface area contributed by atoms with Crippen molar-refractivity contribution in [3.63, 3.8) is 0 Å². The van der Waals surface area contributed by atoms with E-state index in [0.717, 1.165) is 3.79 Å². The first-order valence-electron chi connectivity index (χ1n) is 3.48. The van der Waals surface area contributed by atoms with Gasteiger partial charge in [-0.3, -0.25) is 0 Å². The monoisotopic (exact) mass is 267 g/mol. The van der Waals surface area contributed by atoms with Crippen molar-refractivity contribution in [2.75, 3.05) is 12.3 Å². The van der Waals surface area contributed by atoms with Gasteiger partial charge in [0.15, 0.2) is 0 Å². The van der Waals surface area contributed by atoms with E-state index in [1.165, 1.54) is 4.21 Å².